The topological polar surface area (TPSA) is 82.5 Å². The van der Waals surface area contributed by atoms with Crippen LogP contribution in [0.1, 0.15) is 5.82 Å². The molecule has 18 heavy (non-hydrogen) atoms. The van der Waals surface area contributed by atoms with Crippen molar-refractivity contribution in [2.24, 2.45) is 0 Å². The summed E-state index contributed by atoms with van der Waals surface area (Å²) in [7, 11) is 0. The number of rotatable bonds is 2. The fourth-order valence-corrected chi connectivity index (χ4v) is 2.14. The molecule has 0 saturated heterocycles. The SMILES string of the molecule is Cc1nsc(-n2cnc(-c3cccc(N)c3)n2)n1. The maximum atomic E-state index is 5.73. The van der Waals surface area contributed by atoms with Crippen molar-refractivity contribution in [1.82, 2.24) is 24.1 Å². The maximum Gasteiger partial charge on any atom is 0.231 e. The standard InChI is InChI=1S/C11H10N6S/c1-7-14-11(18-16-7)17-6-13-10(15-17)8-3-2-4-9(12)5-8/h2-6H,12H2,1H3. The zero-order valence-electron chi connectivity index (χ0n) is 9.61. The van der Waals surface area contributed by atoms with E-state index < -0.39 is 0 Å². The average molecular weight is 258 g/mol. The Morgan fingerprint density at radius 3 is 2.94 bits per heavy atom. The van der Waals surface area contributed by atoms with Crippen LogP contribution in [0.3, 0.4) is 0 Å². The lowest BCUT2D eigenvalue weighted by molar-refractivity contribution is 0.865. The Kier molecular flexibility index (Phi) is 2.52. The predicted octanol–water partition coefficient (Wildman–Crippen LogP) is 1.68. The molecule has 0 unspecified atom stereocenters. The van der Waals surface area contributed by atoms with Crippen LogP contribution in [0.15, 0.2) is 30.6 Å². The monoisotopic (exact) mass is 258 g/mol. The minimum Gasteiger partial charge on any atom is -0.399 e. The molecule has 90 valence electrons. The fraction of sp³-hybridized carbons (Fsp3) is 0.0909. The van der Waals surface area contributed by atoms with Crippen molar-refractivity contribution in [2.75, 3.05) is 5.73 Å². The molecule has 0 atom stereocenters. The van der Waals surface area contributed by atoms with Crippen molar-refractivity contribution in [3.8, 4) is 16.5 Å². The molecular weight excluding hydrogens is 248 g/mol. The predicted molar refractivity (Wildman–Crippen MR) is 69.4 cm³/mol. The molecule has 0 aliphatic rings. The molecule has 2 N–H and O–H groups in total. The molecule has 6 nitrogen and oxygen atoms in total. The third-order valence-electron chi connectivity index (χ3n) is 2.35. The Bertz CT molecular complexity index is 686. The number of hydrogen-bond acceptors (Lipinski definition) is 6. The highest BCUT2D eigenvalue weighted by molar-refractivity contribution is 7.08. The van der Waals surface area contributed by atoms with Gasteiger partial charge in [0.1, 0.15) is 12.2 Å². The second-order valence-corrected chi connectivity index (χ2v) is 4.49. The summed E-state index contributed by atoms with van der Waals surface area (Å²) in [6.07, 6.45) is 1.62. The Balaban J connectivity index is 1.99. The molecule has 2 heterocycles. The Hall–Kier alpha value is -2.28. The van der Waals surface area contributed by atoms with E-state index in [0.29, 0.717) is 16.6 Å². The number of nitrogens with zero attached hydrogens (tertiary/aromatic N) is 5. The van der Waals surface area contributed by atoms with Gasteiger partial charge in [0, 0.05) is 22.8 Å². The summed E-state index contributed by atoms with van der Waals surface area (Å²) in [6, 6.07) is 7.46. The van der Waals surface area contributed by atoms with Gasteiger partial charge in [0.2, 0.25) is 5.13 Å². The highest BCUT2D eigenvalue weighted by atomic mass is 32.1. The highest BCUT2D eigenvalue weighted by Crippen LogP contribution is 2.18. The zero-order chi connectivity index (χ0) is 12.5. The number of anilines is 1. The summed E-state index contributed by atoms with van der Waals surface area (Å²) < 4.78 is 5.73. The lowest BCUT2D eigenvalue weighted by Gasteiger charge is -1.96. The first kappa shape index (κ1) is 10.8. The van der Waals surface area contributed by atoms with E-state index in [1.165, 1.54) is 11.5 Å². The quantitative estimate of drug-likeness (QED) is 0.707. The molecule has 0 saturated carbocycles. The van der Waals surface area contributed by atoms with Crippen LogP contribution in [0.2, 0.25) is 0 Å². The first-order chi connectivity index (χ1) is 8.72. The number of nitrogen functional groups attached to an aromatic ring is 1. The van der Waals surface area contributed by atoms with Crippen LogP contribution in [-0.2, 0) is 0 Å². The summed E-state index contributed by atoms with van der Waals surface area (Å²) >= 11 is 1.29. The van der Waals surface area contributed by atoms with Gasteiger partial charge in [-0.05, 0) is 19.1 Å². The van der Waals surface area contributed by atoms with E-state index in [-0.39, 0.29) is 0 Å². The van der Waals surface area contributed by atoms with Crippen molar-refractivity contribution < 1.29 is 0 Å². The molecule has 7 heteroatoms. The highest BCUT2D eigenvalue weighted by Gasteiger charge is 2.08. The van der Waals surface area contributed by atoms with Crippen LogP contribution in [-0.4, -0.2) is 24.1 Å². The summed E-state index contributed by atoms with van der Waals surface area (Å²) in [5.41, 5.74) is 7.31. The average Bonchev–Trinajstić information content (AvgIpc) is 2.97. The van der Waals surface area contributed by atoms with Gasteiger partial charge < -0.3 is 5.73 Å². The van der Waals surface area contributed by atoms with E-state index in [2.05, 4.69) is 19.4 Å². The Labute approximate surface area is 107 Å². The van der Waals surface area contributed by atoms with E-state index in [0.717, 1.165) is 11.4 Å². The van der Waals surface area contributed by atoms with Gasteiger partial charge in [0.15, 0.2) is 5.82 Å². The van der Waals surface area contributed by atoms with Crippen molar-refractivity contribution in [3.05, 3.63) is 36.4 Å². The largest absolute Gasteiger partial charge is 0.399 e. The van der Waals surface area contributed by atoms with Crippen LogP contribution in [0, 0.1) is 6.92 Å². The van der Waals surface area contributed by atoms with Gasteiger partial charge in [-0.25, -0.2) is 9.97 Å². The summed E-state index contributed by atoms with van der Waals surface area (Å²) in [4.78, 5) is 8.50. The van der Waals surface area contributed by atoms with Gasteiger partial charge >= 0.3 is 0 Å². The minimum absolute atomic E-state index is 0.621. The maximum absolute atomic E-state index is 5.73. The van der Waals surface area contributed by atoms with Gasteiger partial charge in [-0.2, -0.15) is 9.06 Å². The second-order valence-electron chi connectivity index (χ2n) is 3.76. The first-order valence-corrected chi connectivity index (χ1v) is 6.08. The van der Waals surface area contributed by atoms with Gasteiger partial charge in [-0.1, -0.05) is 12.1 Å². The van der Waals surface area contributed by atoms with E-state index in [9.17, 15) is 0 Å². The normalized spacial score (nSPS) is 10.7. The van der Waals surface area contributed by atoms with Gasteiger partial charge in [-0.3, -0.25) is 0 Å². The summed E-state index contributed by atoms with van der Waals surface area (Å²) in [5.74, 6) is 1.35. The molecule has 3 aromatic rings. The van der Waals surface area contributed by atoms with E-state index >= 15 is 0 Å². The minimum atomic E-state index is 0.621. The molecule has 0 spiro atoms. The Morgan fingerprint density at radius 2 is 2.22 bits per heavy atom. The third-order valence-corrected chi connectivity index (χ3v) is 3.15. The molecule has 2 aromatic heterocycles. The van der Waals surface area contributed by atoms with Crippen molar-refractivity contribution in [2.45, 2.75) is 6.92 Å². The molecule has 0 bridgehead atoms. The number of hydrogen-bond donors (Lipinski definition) is 1. The molecule has 0 fully saturated rings. The van der Waals surface area contributed by atoms with Crippen molar-refractivity contribution >= 4 is 17.2 Å². The van der Waals surface area contributed by atoms with E-state index in [1.54, 1.807) is 11.0 Å². The van der Waals surface area contributed by atoms with Gasteiger partial charge in [-0.15, -0.1) is 5.10 Å². The molecular formula is C11H10N6S. The lowest BCUT2D eigenvalue weighted by Crippen LogP contribution is -1.94. The van der Waals surface area contributed by atoms with Crippen LogP contribution in [0.4, 0.5) is 5.69 Å². The van der Waals surface area contributed by atoms with E-state index in [1.807, 2.05) is 31.2 Å². The number of aromatic nitrogens is 5. The van der Waals surface area contributed by atoms with Crippen LogP contribution >= 0.6 is 11.5 Å². The molecule has 0 aliphatic carbocycles. The second kappa shape index (κ2) is 4.19. The Morgan fingerprint density at radius 1 is 1.33 bits per heavy atom. The van der Waals surface area contributed by atoms with E-state index in [4.69, 9.17) is 5.73 Å². The molecule has 0 aliphatic heterocycles. The third kappa shape index (κ3) is 1.95. The molecule has 0 amide bonds. The smallest absolute Gasteiger partial charge is 0.231 e. The molecule has 3 rings (SSSR count). The molecule has 0 radical (unpaired) electrons. The van der Waals surface area contributed by atoms with Gasteiger partial charge in [0.05, 0.1) is 0 Å². The lowest BCUT2D eigenvalue weighted by atomic mass is 10.2. The van der Waals surface area contributed by atoms with Crippen LogP contribution in [0.25, 0.3) is 16.5 Å². The zero-order valence-corrected chi connectivity index (χ0v) is 10.4. The van der Waals surface area contributed by atoms with Crippen molar-refractivity contribution in [1.29, 1.82) is 0 Å². The fourth-order valence-electron chi connectivity index (χ4n) is 1.54. The van der Waals surface area contributed by atoms with Gasteiger partial charge in [0.25, 0.3) is 0 Å². The number of nitrogens with two attached hydrogens (primary N) is 1. The summed E-state index contributed by atoms with van der Waals surface area (Å²) in [6.45, 7) is 1.84. The van der Waals surface area contributed by atoms with Crippen LogP contribution in [0.5, 0.6) is 0 Å². The number of benzene rings is 1. The van der Waals surface area contributed by atoms with Crippen molar-refractivity contribution in [3.63, 3.8) is 0 Å². The summed E-state index contributed by atoms with van der Waals surface area (Å²) in [5, 5.41) is 5.07. The number of aryl methyl sites for hydroxylation is 1. The first-order valence-electron chi connectivity index (χ1n) is 5.30. The molecule has 1 aromatic carbocycles. The van der Waals surface area contributed by atoms with Crippen LogP contribution < -0.4 is 5.73 Å².